The van der Waals surface area contributed by atoms with Gasteiger partial charge in [0.25, 0.3) is 0 Å². The van der Waals surface area contributed by atoms with Crippen LogP contribution in [0.15, 0.2) is 53.5 Å². The summed E-state index contributed by atoms with van der Waals surface area (Å²) in [6, 6.07) is 15.4. The van der Waals surface area contributed by atoms with Gasteiger partial charge < -0.3 is 15.5 Å². The van der Waals surface area contributed by atoms with Gasteiger partial charge in [0.2, 0.25) is 0 Å². The fourth-order valence-electron chi connectivity index (χ4n) is 2.48. The van der Waals surface area contributed by atoms with Crippen LogP contribution < -0.4 is 10.6 Å². The predicted molar refractivity (Wildman–Crippen MR) is 117 cm³/mol. The van der Waals surface area contributed by atoms with Crippen molar-refractivity contribution in [3.63, 3.8) is 0 Å². The van der Waals surface area contributed by atoms with Crippen LogP contribution in [0.3, 0.4) is 0 Å². The molecule has 0 bridgehead atoms. The number of benzene rings is 2. The summed E-state index contributed by atoms with van der Waals surface area (Å²) in [6.45, 7) is 4.62. The molecule has 0 saturated heterocycles. The first-order valence-electron chi connectivity index (χ1n) is 8.56. The Hall–Kier alpha value is -1.67. The zero-order chi connectivity index (χ0) is 18.1. The van der Waals surface area contributed by atoms with Crippen LogP contribution >= 0.6 is 24.0 Å². The first kappa shape index (κ1) is 22.4. The first-order valence-corrected chi connectivity index (χ1v) is 8.56. The number of aliphatic imine (C=N–C) groups is 1. The van der Waals surface area contributed by atoms with Crippen LogP contribution in [0.4, 0.5) is 4.39 Å². The lowest BCUT2D eigenvalue weighted by Crippen LogP contribution is -2.36. The minimum atomic E-state index is -0.171. The van der Waals surface area contributed by atoms with Crippen LogP contribution in [0.5, 0.6) is 0 Å². The number of rotatable bonds is 7. The number of guanidine groups is 1. The molecule has 0 spiro atoms. The number of hydrogen-bond acceptors (Lipinski definition) is 2. The molecule has 0 aromatic heterocycles. The molecule has 0 saturated carbocycles. The highest BCUT2D eigenvalue weighted by atomic mass is 127. The zero-order valence-electron chi connectivity index (χ0n) is 15.6. The smallest absolute Gasteiger partial charge is 0.191 e. The molecular formula is C20H28FIN4. The van der Waals surface area contributed by atoms with Crippen molar-refractivity contribution in [2.45, 2.75) is 26.6 Å². The molecule has 0 unspecified atom stereocenters. The van der Waals surface area contributed by atoms with E-state index in [9.17, 15) is 4.39 Å². The molecule has 0 amide bonds. The third-order valence-corrected chi connectivity index (χ3v) is 3.66. The van der Waals surface area contributed by atoms with Crippen LogP contribution in [-0.2, 0) is 19.6 Å². The van der Waals surface area contributed by atoms with Gasteiger partial charge >= 0.3 is 0 Å². The summed E-state index contributed by atoms with van der Waals surface area (Å²) in [6.07, 6.45) is 0. The van der Waals surface area contributed by atoms with Crippen molar-refractivity contribution in [2.75, 3.05) is 20.6 Å². The highest BCUT2D eigenvalue weighted by Gasteiger charge is 2.05. The minimum Gasteiger partial charge on any atom is -0.357 e. The zero-order valence-corrected chi connectivity index (χ0v) is 18.0. The fraction of sp³-hybridized carbons (Fsp3) is 0.350. The van der Waals surface area contributed by atoms with Crippen LogP contribution in [0.2, 0.25) is 0 Å². The van der Waals surface area contributed by atoms with E-state index in [-0.39, 0.29) is 29.8 Å². The maximum absolute atomic E-state index is 13.9. The van der Waals surface area contributed by atoms with E-state index < -0.39 is 0 Å². The van der Waals surface area contributed by atoms with Crippen molar-refractivity contribution in [3.8, 4) is 0 Å². The predicted octanol–water partition coefficient (Wildman–Crippen LogP) is 3.76. The molecule has 0 fully saturated rings. The van der Waals surface area contributed by atoms with E-state index in [1.165, 1.54) is 11.6 Å². The summed E-state index contributed by atoms with van der Waals surface area (Å²) in [7, 11) is 3.86. The van der Waals surface area contributed by atoms with Crippen molar-refractivity contribution in [2.24, 2.45) is 4.99 Å². The normalized spacial score (nSPS) is 11.2. The van der Waals surface area contributed by atoms with Gasteiger partial charge in [0, 0.05) is 25.2 Å². The van der Waals surface area contributed by atoms with Crippen molar-refractivity contribution >= 4 is 29.9 Å². The largest absolute Gasteiger partial charge is 0.357 e. The molecule has 0 atom stereocenters. The minimum absolute atomic E-state index is 0. The van der Waals surface area contributed by atoms with Crippen LogP contribution in [-0.4, -0.2) is 31.5 Å². The monoisotopic (exact) mass is 470 g/mol. The maximum atomic E-state index is 13.9. The third-order valence-electron chi connectivity index (χ3n) is 3.66. The van der Waals surface area contributed by atoms with Gasteiger partial charge in [0.15, 0.2) is 5.96 Å². The van der Waals surface area contributed by atoms with E-state index >= 15 is 0 Å². The van der Waals surface area contributed by atoms with Gasteiger partial charge in [-0.05, 0) is 44.3 Å². The van der Waals surface area contributed by atoms with E-state index in [4.69, 9.17) is 0 Å². The second kappa shape index (κ2) is 11.9. The second-order valence-corrected chi connectivity index (χ2v) is 6.20. The molecule has 0 aliphatic heterocycles. The standard InChI is InChI=1S/C20H27FN4.HI/c1-4-22-20(23-13-16-8-6-5-7-9-16)24-14-17-10-11-19(21)18(12-17)15-25(2)3;/h5-12H,4,13-15H2,1-3H3,(H2,22,23,24);1H. The van der Waals surface area contributed by atoms with Gasteiger partial charge in [-0.1, -0.05) is 36.4 Å². The Morgan fingerprint density at radius 3 is 2.42 bits per heavy atom. The molecule has 4 nitrogen and oxygen atoms in total. The second-order valence-electron chi connectivity index (χ2n) is 6.20. The van der Waals surface area contributed by atoms with Crippen LogP contribution in [0.1, 0.15) is 23.6 Å². The molecule has 6 heteroatoms. The molecule has 26 heavy (non-hydrogen) atoms. The summed E-state index contributed by atoms with van der Waals surface area (Å²) in [5.74, 6) is 0.584. The van der Waals surface area contributed by atoms with Gasteiger partial charge in [-0.15, -0.1) is 24.0 Å². The molecule has 2 N–H and O–H groups in total. The highest BCUT2D eigenvalue weighted by Crippen LogP contribution is 2.13. The van der Waals surface area contributed by atoms with Gasteiger partial charge in [-0.3, -0.25) is 0 Å². The Kier molecular flexibility index (Phi) is 10.2. The molecule has 0 heterocycles. The number of nitrogens with zero attached hydrogens (tertiary/aromatic N) is 2. The lowest BCUT2D eigenvalue weighted by Gasteiger charge is -2.13. The molecule has 0 aliphatic carbocycles. The lowest BCUT2D eigenvalue weighted by molar-refractivity contribution is 0.392. The number of hydrogen-bond donors (Lipinski definition) is 2. The van der Waals surface area contributed by atoms with Crippen molar-refractivity contribution < 1.29 is 4.39 Å². The quantitative estimate of drug-likeness (QED) is 0.368. The molecule has 2 aromatic rings. The molecule has 142 valence electrons. The molecule has 2 rings (SSSR count). The Morgan fingerprint density at radius 1 is 1.04 bits per heavy atom. The number of nitrogens with one attached hydrogen (secondary N) is 2. The average Bonchev–Trinajstić information content (AvgIpc) is 2.60. The van der Waals surface area contributed by atoms with Gasteiger partial charge in [-0.25, -0.2) is 9.38 Å². The third kappa shape index (κ3) is 7.70. The molecule has 2 aromatic carbocycles. The average molecular weight is 470 g/mol. The van der Waals surface area contributed by atoms with E-state index in [0.29, 0.717) is 25.2 Å². The van der Waals surface area contributed by atoms with Crippen LogP contribution in [0.25, 0.3) is 0 Å². The number of halogens is 2. The van der Waals surface area contributed by atoms with Gasteiger partial charge in [0.1, 0.15) is 5.82 Å². The summed E-state index contributed by atoms with van der Waals surface area (Å²) >= 11 is 0. The fourth-order valence-corrected chi connectivity index (χ4v) is 2.48. The first-order chi connectivity index (χ1) is 12.1. The summed E-state index contributed by atoms with van der Waals surface area (Å²) in [5, 5.41) is 6.56. The molecule has 0 radical (unpaired) electrons. The summed E-state index contributed by atoms with van der Waals surface area (Å²) in [5.41, 5.74) is 2.89. The Balaban J connectivity index is 0.00000338. The topological polar surface area (TPSA) is 39.7 Å². The van der Waals surface area contributed by atoms with E-state index in [1.54, 1.807) is 6.07 Å². The van der Waals surface area contributed by atoms with E-state index in [2.05, 4.69) is 27.8 Å². The Morgan fingerprint density at radius 2 is 1.77 bits per heavy atom. The maximum Gasteiger partial charge on any atom is 0.191 e. The van der Waals surface area contributed by atoms with Crippen molar-refractivity contribution in [3.05, 3.63) is 71.0 Å². The molecule has 0 aliphatic rings. The Bertz CT molecular complexity index is 689. The van der Waals surface area contributed by atoms with Gasteiger partial charge in [0.05, 0.1) is 6.54 Å². The van der Waals surface area contributed by atoms with Crippen molar-refractivity contribution in [1.29, 1.82) is 0 Å². The lowest BCUT2D eigenvalue weighted by atomic mass is 10.1. The SMILES string of the molecule is CCNC(=NCc1ccc(F)c(CN(C)C)c1)NCc1ccccc1.I. The summed E-state index contributed by atoms with van der Waals surface area (Å²) in [4.78, 5) is 6.56. The molecular weight excluding hydrogens is 442 g/mol. The van der Waals surface area contributed by atoms with Crippen molar-refractivity contribution in [1.82, 2.24) is 15.5 Å². The van der Waals surface area contributed by atoms with E-state index in [0.717, 1.165) is 18.1 Å². The van der Waals surface area contributed by atoms with E-state index in [1.807, 2.05) is 50.2 Å². The Labute approximate surface area is 172 Å². The summed E-state index contributed by atoms with van der Waals surface area (Å²) < 4.78 is 13.9. The van der Waals surface area contributed by atoms with Gasteiger partial charge in [-0.2, -0.15) is 0 Å². The van der Waals surface area contributed by atoms with Crippen LogP contribution in [0, 0.1) is 5.82 Å². The highest BCUT2D eigenvalue weighted by molar-refractivity contribution is 14.0.